The summed E-state index contributed by atoms with van der Waals surface area (Å²) in [5.74, 6) is 4.53. The number of aryl methyl sites for hydroxylation is 1. The van der Waals surface area contributed by atoms with Crippen molar-refractivity contribution >= 4 is 10.8 Å². The summed E-state index contributed by atoms with van der Waals surface area (Å²) >= 11 is 0. The van der Waals surface area contributed by atoms with Crippen LogP contribution in [0, 0.1) is 23.5 Å². The molecule has 0 N–H and O–H groups in total. The molecule has 0 radical (unpaired) electrons. The maximum atomic E-state index is 13.7. The Kier molecular flexibility index (Phi) is 4.39. The molecule has 0 aliphatic heterocycles. The van der Waals surface area contributed by atoms with Crippen molar-refractivity contribution in [1.29, 1.82) is 0 Å². The third kappa shape index (κ3) is 3.40. The molecule has 0 heterocycles. The Bertz CT molecular complexity index is 897. The zero-order chi connectivity index (χ0) is 16.2. The predicted molar refractivity (Wildman–Crippen MR) is 90.3 cm³/mol. The molecular weight excluding hydrogens is 290 g/mol. The van der Waals surface area contributed by atoms with Gasteiger partial charge in [0.25, 0.3) is 0 Å². The van der Waals surface area contributed by atoms with Crippen LogP contribution >= 0.6 is 0 Å². The van der Waals surface area contributed by atoms with Gasteiger partial charge in [0.15, 0.2) is 11.6 Å². The second-order valence-corrected chi connectivity index (χ2v) is 5.49. The number of fused-ring (bicyclic) bond motifs is 1. The monoisotopic (exact) mass is 306 g/mol. The minimum Gasteiger partial charge on any atom is -0.204 e. The molecule has 0 bridgehead atoms. The minimum atomic E-state index is -0.830. The van der Waals surface area contributed by atoms with E-state index < -0.39 is 11.6 Å². The molecule has 0 spiro atoms. The van der Waals surface area contributed by atoms with Crippen molar-refractivity contribution in [2.75, 3.05) is 0 Å². The zero-order valence-corrected chi connectivity index (χ0v) is 12.9. The fourth-order valence-electron chi connectivity index (χ4n) is 2.53. The smallest absolute Gasteiger partial charge is 0.166 e. The first-order valence-corrected chi connectivity index (χ1v) is 7.66. The van der Waals surface area contributed by atoms with Crippen LogP contribution < -0.4 is 0 Å². The van der Waals surface area contributed by atoms with Crippen molar-refractivity contribution in [1.82, 2.24) is 0 Å². The summed E-state index contributed by atoms with van der Waals surface area (Å²) in [5, 5.41) is 0.925. The highest BCUT2D eigenvalue weighted by Gasteiger charge is 2.06. The lowest BCUT2D eigenvalue weighted by Crippen LogP contribution is -1.87. The molecule has 23 heavy (non-hydrogen) atoms. The van der Waals surface area contributed by atoms with E-state index in [1.807, 2.05) is 12.1 Å². The van der Waals surface area contributed by atoms with Crippen LogP contribution in [0.2, 0.25) is 0 Å². The van der Waals surface area contributed by atoms with E-state index in [1.165, 1.54) is 5.56 Å². The Morgan fingerprint density at radius 1 is 0.826 bits per heavy atom. The van der Waals surface area contributed by atoms with Crippen LogP contribution in [-0.2, 0) is 6.42 Å². The highest BCUT2D eigenvalue weighted by atomic mass is 19.2. The van der Waals surface area contributed by atoms with Crippen LogP contribution in [0.5, 0.6) is 0 Å². The van der Waals surface area contributed by atoms with Gasteiger partial charge in [-0.05, 0) is 47.7 Å². The summed E-state index contributed by atoms with van der Waals surface area (Å²) in [4.78, 5) is 0. The largest absolute Gasteiger partial charge is 0.204 e. The number of hydrogen-bond donors (Lipinski definition) is 0. The molecule has 3 aromatic carbocycles. The maximum Gasteiger partial charge on any atom is 0.166 e. The van der Waals surface area contributed by atoms with Crippen molar-refractivity contribution in [2.24, 2.45) is 0 Å². The van der Waals surface area contributed by atoms with Crippen LogP contribution in [0.1, 0.15) is 30.0 Å². The summed E-state index contributed by atoms with van der Waals surface area (Å²) in [7, 11) is 0. The summed E-state index contributed by atoms with van der Waals surface area (Å²) in [6.07, 6.45) is 2.19. The van der Waals surface area contributed by atoms with Gasteiger partial charge in [-0.15, -0.1) is 0 Å². The van der Waals surface area contributed by atoms with Crippen LogP contribution in [-0.4, -0.2) is 0 Å². The van der Waals surface area contributed by atoms with Gasteiger partial charge >= 0.3 is 0 Å². The topological polar surface area (TPSA) is 0 Å². The number of benzene rings is 3. The fraction of sp³-hybridized carbons (Fsp3) is 0.143. The summed E-state index contributed by atoms with van der Waals surface area (Å²) < 4.78 is 26.9. The molecule has 0 fully saturated rings. The first-order chi connectivity index (χ1) is 11.2. The first kappa shape index (κ1) is 15.2. The standard InChI is InChI=1S/C21H16F2/c1-2-3-15-4-6-16(7-5-15)8-9-17-10-12-19-18(14-17)11-13-20(22)21(19)23/h4-7,10-14H,2-3H2,1H3. The maximum absolute atomic E-state index is 13.7. The van der Waals surface area contributed by atoms with Crippen LogP contribution in [0.3, 0.4) is 0 Å². The van der Waals surface area contributed by atoms with Crippen molar-refractivity contribution in [3.63, 3.8) is 0 Å². The third-order valence-electron chi connectivity index (χ3n) is 3.75. The molecule has 3 aromatic rings. The van der Waals surface area contributed by atoms with Gasteiger partial charge in [-0.25, -0.2) is 8.78 Å². The molecule has 3 rings (SSSR count). The van der Waals surface area contributed by atoms with Gasteiger partial charge in [0.2, 0.25) is 0 Å². The molecule has 2 heteroatoms. The van der Waals surface area contributed by atoms with Crippen molar-refractivity contribution < 1.29 is 8.78 Å². The van der Waals surface area contributed by atoms with E-state index in [9.17, 15) is 8.78 Å². The molecule has 0 atom stereocenters. The highest BCUT2D eigenvalue weighted by Crippen LogP contribution is 2.21. The number of rotatable bonds is 2. The Balaban J connectivity index is 1.89. The molecular formula is C21H16F2. The average Bonchev–Trinajstić information content (AvgIpc) is 2.58. The normalized spacial score (nSPS) is 10.4. The van der Waals surface area contributed by atoms with Gasteiger partial charge in [-0.2, -0.15) is 0 Å². The van der Waals surface area contributed by atoms with Crippen LogP contribution in [0.4, 0.5) is 8.78 Å². The van der Waals surface area contributed by atoms with E-state index in [-0.39, 0.29) is 5.39 Å². The molecule has 114 valence electrons. The van der Waals surface area contributed by atoms with E-state index in [0.717, 1.165) is 30.0 Å². The lowest BCUT2D eigenvalue weighted by atomic mass is 10.1. The second-order valence-electron chi connectivity index (χ2n) is 5.49. The SMILES string of the molecule is CCCc1ccc(C#Cc2ccc3c(F)c(F)ccc3c2)cc1. The molecule has 0 nitrogen and oxygen atoms in total. The molecule has 0 saturated carbocycles. The van der Waals surface area contributed by atoms with E-state index in [0.29, 0.717) is 5.39 Å². The predicted octanol–water partition coefficient (Wildman–Crippen LogP) is 5.47. The van der Waals surface area contributed by atoms with Gasteiger partial charge in [0.05, 0.1) is 0 Å². The Hall–Kier alpha value is -2.66. The van der Waals surface area contributed by atoms with Crippen molar-refractivity contribution in [3.8, 4) is 11.8 Å². The van der Waals surface area contributed by atoms with Gasteiger partial charge in [0, 0.05) is 16.5 Å². The Morgan fingerprint density at radius 3 is 2.26 bits per heavy atom. The molecule has 0 aromatic heterocycles. The zero-order valence-electron chi connectivity index (χ0n) is 12.9. The van der Waals surface area contributed by atoms with Crippen molar-refractivity contribution in [3.05, 3.63) is 82.9 Å². The molecule has 0 aliphatic rings. The van der Waals surface area contributed by atoms with E-state index in [4.69, 9.17) is 0 Å². The minimum absolute atomic E-state index is 0.277. The summed E-state index contributed by atoms with van der Waals surface area (Å²) in [6.45, 7) is 2.15. The molecule has 0 saturated heterocycles. The van der Waals surface area contributed by atoms with E-state index in [1.54, 1.807) is 24.3 Å². The molecule has 0 unspecified atom stereocenters. The van der Waals surface area contributed by atoms with Crippen LogP contribution in [0.25, 0.3) is 10.8 Å². The first-order valence-electron chi connectivity index (χ1n) is 7.66. The van der Waals surface area contributed by atoms with Gasteiger partial charge in [0.1, 0.15) is 0 Å². The van der Waals surface area contributed by atoms with Gasteiger partial charge in [-0.1, -0.05) is 49.5 Å². The Morgan fingerprint density at radius 2 is 1.52 bits per heavy atom. The number of hydrogen-bond acceptors (Lipinski definition) is 0. The van der Waals surface area contributed by atoms with Gasteiger partial charge in [-0.3, -0.25) is 0 Å². The number of halogens is 2. The lowest BCUT2D eigenvalue weighted by Gasteiger charge is -2.01. The van der Waals surface area contributed by atoms with E-state index >= 15 is 0 Å². The summed E-state index contributed by atoms with van der Waals surface area (Å²) in [5.41, 5.74) is 3.03. The fourth-order valence-corrected chi connectivity index (χ4v) is 2.53. The summed E-state index contributed by atoms with van der Waals surface area (Å²) in [6, 6.07) is 16.0. The van der Waals surface area contributed by atoms with E-state index in [2.05, 4.69) is 30.9 Å². The molecule has 0 amide bonds. The quantitative estimate of drug-likeness (QED) is 0.551. The Labute approximate surface area is 134 Å². The van der Waals surface area contributed by atoms with Crippen LogP contribution in [0.15, 0.2) is 54.6 Å². The second kappa shape index (κ2) is 6.62. The van der Waals surface area contributed by atoms with Crippen molar-refractivity contribution in [2.45, 2.75) is 19.8 Å². The van der Waals surface area contributed by atoms with Gasteiger partial charge < -0.3 is 0 Å². The third-order valence-corrected chi connectivity index (χ3v) is 3.75. The highest BCUT2D eigenvalue weighted by molar-refractivity contribution is 5.84. The molecule has 0 aliphatic carbocycles. The average molecular weight is 306 g/mol. The lowest BCUT2D eigenvalue weighted by molar-refractivity contribution is 0.517.